The minimum absolute atomic E-state index is 0.0700. The van der Waals surface area contributed by atoms with Gasteiger partial charge >= 0.3 is 6.03 Å². The van der Waals surface area contributed by atoms with Gasteiger partial charge in [0, 0.05) is 7.05 Å². The number of urea groups is 1. The van der Waals surface area contributed by atoms with Crippen molar-refractivity contribution in [1.82, 2.24) is 10.6 Å². The molecule has 4 heteroatoms. The van der Waals surface area contributed by atoms with Crippen LogP contribution in [0.4, 0.5) is 4.79 Å². The maximum absolute atomic E-state index is 10.7. The first kappa shape index (κ1) is 9.97. The van der Waals surface area contributed by atoms with Gasteiger partial charge in [0.2, 0.25) is 0 Å². The summed E-state index contributed by atoms with van der Waals surface area (Å²) in [4.78, 5) is 10.7. The van der Waals surface area contributed by atoms with Crippen LogP contribution in [0.5, 0.6) is 0 Å². The predicted octanol–water partition coefficient (Wildman–Crippen LogP) is -0.148. The van der Waals surface area contributed by atoms with Gasteiger partial charge in [-0.25, -0.2) is 4.79 Å². The van der Waals surface area contributed by atoms with Gasteiger partial charge in [0.15, 0.2) is 0 Å². The van der Waals surface area contributed by atoms with Crippen LogP contribution in [0.1, 0.15) is 6.42 Å². The second kappa shape index (κ2) is 5.73. The Morgan fingerprint density at radius 1 is 1.82 bits per heavy atom. The Morgan fingerprint density at radius 2 is 2.45 bits per heavy atom. The summed E-state index contributed by atoms with van der Waals surface area (Å²) in [5.74, 6) is 0. The van der Waals surface area contributed by atoms with Crippen LogP contribution >= 0.6 is 0 Å². The number of hydrogen-bond acceptors (Lipinski definition) is 2. The SMILES string of the molecule is C=CCC(CO)NC(=O)NC. The van der Waals surface area contributed by atoms with Gasteiger partial charge in [0.1, 0.15) is 0 Å². The first-order valence-electron chi connectivity index (χ1n) is 3.44. The van der Waals surface area contributed by atoms with E-state index in [-0.39, 0.29) is 18.7 Å². The largest absolute Gasteiger partial charge is 0.394 e. The van der Waals surface area contributed by atoms with Gasteiger partial charge in [0.05, 0.1) is 12.6 Å². The van der Waals surface area contributed by atoms with Crippen LogP contribution in [0.25, 0.3) is 0 Å². The predicted molar refractivity (Wildman–Crippen MR) is 43.3 cm³/mol. The molecular formula is C7H14N2O2. The van der Waals surface area contributed by atoms with E-state index < -0.39 is 0 Å². The Bertz CT molecular complexity index is 136. The van der Waals surface area contributed by atoms with Crippen molar-refractivity contribution >= 4 is 6.03 Å². The van der Waals surface area contributed by atoms with Crippen LogP contribution in [0, 0.1) is 0 Å². The molecule has 0 rings (SSSR count). The zero-order valence-electron chi connectivity index (χ0n) is 6.63. The van der Waals surface area contributed by atoms with Crippen molar-refractivity contribution < 1.29 is 9.90 Å². The monoisotopic (exact) mass is 158 g/mol. The lowest BCUT2D eigenvalue weighted by Gasteiger charge is -2.13. The van der Waals surface area contributed by atoms with E-state index >= 15 is 0 Å². The van der Waals surface area contributed by atoms with Gasteiger partial charge in [0.25, 0.3) is 0 Å². The molecule has 0 aromatic rings. The van der Waals surface area contributed by atoms with Gasteiger partial charge in [-0.3, -0.25) is 0 Å². The lowest BCUT2D eigenvalue weighted by molar-refractivity contribution is 0.218. The average molecular weight is 158 g/mol. The molecule has 4 nitrogen and oxygen atoms in total. The lowest BCUT2D eigenvalue weighted by atomic mass is 10.2. The standard InChI is InChI=1S/C7H14N2O2/c1-3-4-6(5-10)9-7(11)8-2/h3,6,10H,1,4-5H2,2H3,(H2,8,9,11). The van der Waals surface area contributed by atoms with Crippen molar-refractivity contribution in [2.45, 2.75) is 12.5 Å². The quantitative estimate of drug-likeness (QED) is 0.498. The number of aliphatic hydroxyl groups excluding tert-OH is 1. The van der Waals surface area contributed by atoms with Gasteiger partial charge in [-0.2, -0.15) is 0 Å². The number of rotatable bonds is 4. The van der Waals surface area contributed by atoms with E-state index in [1.165, 1.54) is 7.05 Å². The van der Waals surface area contributed by atoms with Gasteiger partial charge in [-0.1, -0.05) is 6.08 Å². The smallest absolute Gasteiger partial charge is 0.314 e. The number of carbonyl (C=O) groups is 1. The summed E-state index contributed by atoms with van der Waals surface area (Å²) >= 11 is 0. The van der Waals surface area contributed by atoms with E-state index in [9.17, 15) is 4.79 Å². The molecule has 11 heavy (non-hydrogen) atoms. The summed E-state index contributed by atoms with van der Waals surface area (Å²) in [5, 5.41) is 13.6. The fourth-order valence-electron chi connectivity index (χ4n) is 0.638. The van der Waals surface area contributed by atoms with Crippen molar-refractivity contribution in [2.75, 3.05) is 13.7 Å². The molecule has 3 N–H and O–H groups in total. The average Bonchev–Trinajstić information content (AvgIpc) is 2.03. The second-order valence-corrected chi connectivity index (χ2v) is 2.13. The Balaban J connectivity index is 3.67. The topological polar surface area (TPSA) is 61.4 Å². The van der Waals surface area contributed by atoms with E-state index in [2.05, 4.69) is 17.2 Å². The van der Waals surface area contributed by atoms with Crippen LogP contribution in [0.2, 0.25) is 0 Å². The van der Waals surface area contributed by atoms with E-state index in [0.717, 1.165) is 0 Å². The molecule has 0 aliphatic heterocycles. The maximum atomic E-state index is 10.7. The van der Waals surface area contributed by atoms with Crippen LogP contribution in [-0.2, 0) is 0 Å². The minimum atomic E-state index is -0.286. The van der Waals surface area contributed by atoms with Crippen molar-refractivity contribution in [2.24, 2.45) is 0 Å². The molecule has 0 aromatic heterocycles. The van der Waals surface area contributed by atoms with Crippen LogP contribution in [0.3, 0.4) is 0 Å². The van der Waals surface area contributed by atoms with E-state index in [0.29, 0.717) is 6.42 Å². The van der Waals surface area contributed by atoms with Crippen LogP contribution < -0.4 is 10.6 Å². The second-order valence-electron chi connectivity index (χ2n) is 2.13. The molecule has 1 atom stereocenters. The van der Waals surface area contributed by atoms with Gasteiger partial charge < -0.3 is 15.7 Å². The van der Waals surface area contributed by atoms with Crippen molar-refractivity contribution in [3.63, 3.8) is 0 Å². The molecule has 0 bridgehead atoms. The molecule has 0 heterocycles. The van der Waals surface area contributed by atoms with Crippen molar-refractivity contribution in [1.29, 1.82) is 0 Å². The first-order valence-corrected chi connectivity index (χ1v) is 3.44. The molecule has 0 radical (unpaired) electrons. The Labute approximate surface area is 66.3 Å². The third kappa shape index (κ3) is 4.38. The number of hydrogen-bond donors (Lipinski definition) is 3. The number of aliphatic hydroxyl groups is 1. The molecule has 1 unspecified atom stereocenters. The van der Waals surface area contributed by atoms with Crippen LogP contribution in [0.15, 0.2) is 12.7 Å². The lowest BCUT2D eigenvalue weighted by Crippen LogP contribution is -2.42. The Kier molecular flexibility index (Phi) is 5.20. The Morgan fingerprint density at radius 3 is 2.82 bits per heavy atom. The molecule has 0 aromatic carbocycles. The molecular weight excluding hydrogens is 144 g/mol. The zero-order chi connectivity index (χ0) is 8.69. The van der Waals surface area contributed by atoms with Crippen molar-refractivity contribution in [3.05, 3.63) is 12.7 Å². The molecule has 0 aliphatic carbocycles. The summed E-state index contributed by atoms with van der Waals surface area (Å²) in [5.41, 5.74) is 0. The summed E-state index contributed by atoms with van der Waals surface area (Å²) in [6, 6.07) is -0.515. The molecule has 0 spiro atoms. The zero-order valence-corrected chi connectivity index (χ0v) is 6.63. The summed E-state index contributed by atoms with van der Waals surface area (Å²) in [6.07, 6.45) is 2.22. The van der Waals surface area contributed by atoms with Gasteiger partial charge in [-0.05, 0) is 6.42 Å². The highest BCUT2D eigenvalue weighted by Gasteiger charge is 2.06. The number of carbonyl (C=O) groups excluding carboxylic acids is 1. The van der Waals surface area contributed by atoms with E-state index in [1.807, 2.05) is 0 Å². The highest BCUT2D eigenvalue weighted by atomic mass is 16.3. The minimum Gasteiger partial charge on any atom is -0.394 e. The van der Waals surface area contributed by atoms with Gasteiger partial charge in [-0.15, -0.1) is 6.58 Å². The summed E-state index contributed by atoms with van der Waals surface area (Å²) in [7, 11) is 1.53. The fraction of sp³-hybridized carbons (Fsp3) is 0.571. The molecule has 64 valence electrons. The molecule has 0 saturated heterocycles. The number of amides is 2. The fourth-order valence-corrected chi connectivity index (χ4v) is 0.638. The van der Waals surface area contributed by atoms with E-state index in [4.69, 9.17) is 5.11 Å². The maximum Gasteiger partial charge on any atom is 0.314 e. The highest BCUT2D eigenvalue weighted by molar-refractivity contribution is 5.73. The Hall–Kier alpha value is -1.03. The first-order chi connectivity index (χ1) is 5.24. The molecule has 0 saturated carbocycles. The van der Waals surface area contributed by atoms with Crippen molar-refractivity contribution in [3.8, 4) is 0 Å². The third-order valence-electron chi connectivity index (χ3n) is 1.23. The summed E-state index contributed by atoms with van der Waals surface area (Å²) in [6.45, 7) is 3.43. The summed E-state index contributed by atoms with van der Waals surface area (Å²) < 4.78 is 0. The third-order valence-corrected chi connectivity index (χ3v) is 1.23. The normalized spacial score (nSPS) is 11.8. The molecule has 0 aliphatic rings. The highest BCUT2D eigenvalue weighted by Crippen LogP contribution is 1.90. The molecule has 2 amide bonds. The molecule has 0 fully saturated rings. The van der Waals surface area contributed by atoms with Crippen LogP contribution in [-0.4, -0.2) is 30.8 Å². The number of nitrogens with one attached hydrogen (secondary N) is 2. The van der Waals surface area contributed by atoms with E-state index in [1.54, 1.807) is 6.08 Å².